The number of aromatic nitrogens is 2. The van der Waals surface area contributed by atoms with Gasteiger partial charge in [0.2, 0.25) is 0 Å². The second-order valence-electron chi connectivity index (χ2n) is 3.18. The van der Waals surface area contributed by atoms with Crippen LogP contribution in [0.25, 0.3) is 10.9 Å². The van der Waals surface area contributed by atoms with Gasteiger partial charge in [-0.2, -0.15) is 5.10 Å². The number of rotatable bonds is 1. The molecule has 2 rings (SSSR count). The highest BCUT2D eigenvalue weighted by molar-refractivity contribution is 5.80. The monoisotopic (exact) mass is 176 g/mol. The van der Waals surface area contributed by atoms with Gasteiger partial charge in [-0.1, -0.05) is 0 Å². The predicted octanol–water partition coefficient (Wildman–Crippen LogP) is 1.89. The Morgan fingerprint density at radius 2 is 2.15 bits per heavy atom. The molecular formula is C10H12N2O. The van der Waals surface area contributed by atoms with E-state index in [1.165, 1.54) is 0 Å². The first-order chi connectivity index (χ1) is 6.20. The predicted molar refractivity (Wildman–Crippen MR) is 52.0 cm³/mol. The van der Waals surface area contributed by atoms with Crippen molar-refractivity contribution in [3.05, 3.63) is 23.9 Å². The van der Waals surface area contributed by atoms with E-state index in [-0.39, 0.29) is 0 Å². The molecular weight excluding hydrogens is 164 g/mol. The maximum absolute atomic E-state index is 5.21. The van der Waals surface area contributed by atoms with Gasteiger partial charge in [0.1, 0.15) is 5.75 Å². The zero-order valence-corrected chi connectivity index (χ0v) is 8.03. The Labute approximate surface area is 76.9 Å². The van der Waals surface area contributed by atoms with Crippen LogP contribution >= 0.6 is 0 Å². The second kappa shape index (κ2) is 2.76. The van der Waals surface area contributed by atoms with Crippen LogP contribution in [0, 0.1) is 6.92 Å². The Hall–Kier alpha value is -1.51. The number of fused-ring (bicyclic) bond motifs is 1. The Kier molecular flexibility index (Phi) is 1.72. The van der Waals surface area contributed by atoms with Gasteiger partial charge in [0.15, 0.2) is 0 Å². The van der Waals surface area contributed by atoms with Crippen LogP contribution in [0.2, 0.25) is 0 Å². The molecule has 3 heteroatoms. The number of methoxy groups -OCH3 is 1. The third kappa shape index (κ3) is 1.26. The molecule has 0 N–H and O–H groups in total. The fraction of sp³-hybridized carbons (Fsp3) is 0.300. The van der Waals surface area contributed by atoms with Crippen molar-refractivity contribution >= 4 is 10.9 Å². The van der Waals surface area contributed by atoms with Crippen molar-refractivity contribution in [2.45, 2.75) is 6.92 Å². The van der Waals surface area contributed by atoms with Crippen LogP contribution in [0.1, 0.15) is 5.56 Å². The quantitative estimate of drug-likeness (QED) is 0.663. The Balaban J connectivity index is 2.72. The molecule has 0 saturated carbocycles. The third-order valence-corrected chi connectivity index (χ3v) is 2.14. The molecule has 2 aromatic rings. The minimum Gasteiger partial charge on any atom is -0.496 e. The maximum Gasteiger partial charge on any atom is 0.124 e. The Morgan fingerprint density at radius 1 is 1.38 bits per heavy atom. The number of hydrogen-bond acceptors (Lipinski definition) is 2. The zero-order chi connectivity index (χ0) is 9.42. The van der Waals surface area contributed by atoms with E-state index in [1.54, 1.807) is 7.11 Å². The highest BCUT2D eigenvalue weighted by Gasteiger charge is 2.03. The van der Waals surface area contributed by atoms with E-state index in [2.05, 4.69) is 11.2 Å². The van der Waals surface area contributed by atoms with Gasteiger partial charge in [0.25, 0.3) is 0 Å². The molecule has 0 aliphatic rings. The summed E-state index contributed by atoms with van der Waals surface area (Å²) >= 11 is 0. The SMILES string of the molecule is COc1cc2nn(C)cc2cc1C. The first-order valence-corrected chi connectivity index (χ1v) is 4.18. The fourth-order valence-corrected chi connectivity index (χ4v) is 1.51. The van der Waals surface area contributed by atoms with E-state index in [0.717, 1.165) is 22.2 Å². The Morgan fingerprint density at radius 3 is 2.85 bits per heavy atom. The smallest absolute Gasteiger partial charge is 0.124 e. The molecule has 1 aromatic heterocycles. The van der Waals surface area contributed by atoms with Crippen molar-refractivity contribution in [1.82, 2.24) is 9.78 Å². The molecule has 0 fully saturated rings. The summed E-state index contributed by atoms with van der Waals surface area (Å²) in [4.78, 5) is 0. The summed E-state index contributed by atoms with van der Waals surface area (Å²) in [6.45, 7) is 2.03. The molecule has 1 heterocycles. The molecule has 0 amide bonds. The minimum atomic E-state index is 0.895. The van der Waals surface area contributed by atoms with Crippen molar-refractivity contribution < 1.29 is 4.74 Å². The topological polar surface area (TPSA) is 27.1 Å². The number of ether oxygens (including phenoxy) is 1. The van der Waals surface area contributed by atoms with Gasteiger partial charge in [-0.05, 0) is 18.6 Å². The molecule has 0 spiro atoms. The van der Waals surface area contributed by atoms with Gasteiger partial charge in [-0.25, -0.2) is 0 Å². The van der Waals surface area contributed by atoms with Crippen LogP contribution in [0.15, 0.2) is 18.3 Å². The summed E-state index contributed by atoms with van der Waals surface area (Å²) in [6, 6.07) is 4.05. The summed E-state index contributed by atoms with van der Waals surface area (Å²) in [5, 5.41) is 5.45. The van der Waals surface area contributed by atoms with Crippen LogP contribution in [0.4, 0.5) is 0 Å². The second-order valence-corrected chi connectivity index (χ2v) is 3.18. The van der Waals surface area contributed by atoms with Crippen LogP contribution in [-0.4, -0.2) is 16.9 Å². The zero-order valence-electron chi connectivity index (χ0n) is 8.03. The molecule has 0 unspecified atom stereocenters. The molecule has 1 aromatic carbocycles. The average molecular weight is 176 g/mol. The van der Waals surface area contributed by atoms with Crippen molar-refractivity contribution in [2.24, 2.45) is 7.05 Å². The lowest BCUT2D eigenvalue weighted by molar-refractivity contribution is 0.412. The number of benzene rings is 1. The summed E-state index contributed by atoms with van der Waals surface area (Å²) in [7, 11) is 3.60. The molecule has 0 radical (unpaired) electrons. The van der Waals surface area contributed by atoms with Gasteiger partial charge >= 0.3 is 0 Å². The Bertz CT molecular complexity index is 445. The largest absolute Gasteiger partial charge is 0.496 e. The summed E-state index contributed by atoms with van der Waals surface area (Å²) in [5.41, 5.74) is 2.12. The van der Waals surface area contributed by atoms with E-state index < -0.39 is 0 Å². The molecule has 0 bridgehead atoms. The van der Waals surface area contributed by atoms with Crippen molar-refractivity contribution in [2.75, 3.05) is 7.11 Å². The lowest BCUT2D eigenvalue weighted by Crippen LogP contribution is -1.87. The highest BCUT2D eigenvalue weighted by atomic mass is 16.5. The van der Waals surface area contributed by atoms with Gasteiger partial charge in [-0.15, -0.1) is 0 Å². The van der Waals surface area contributed by atoms with Crippen molar-refractivity contribution in [3.63, 3.8) is 0 Å². The molecule has 68 valence electrons. The molecule has 0 atom stereocenters. The van der Waals surface area contributed by atoms with Crippen molar-refractivity contribution in [3.8, 4) is 5.75 Å². The lowest BCUT2D eigenvalue weighted by atomic mass is 10.1. The average Bonchev–Trinajstić information content (AvgIpc) is 2.42. The molecule has 13 heavy (non-hydrogen) atoms. The molecule has 0 aliphatic carbocycles. The summed E-state index contributed by atoms with van der Waals surface area (Å²) in [6.07, 6.45) is 2.00. The number of nitrogens with zero attached hydrogens (tertiary/aromatic N) is 2. The standard InChI is InChI=1S/C10H12N2O/c1-7-4-8-6-12(2)11-9(8)5-10(7)13-3/h4-6H,1-3H3. The normalized spacial score (nSPS) is 10.7. The molecule has 3 nitrogen and oxygen atoms in total. The van der Waals surface area contributed by atoms with E-state index in [4.69, 9.17) is 4.74 Å². The van der Waals surface area contributed by atoms with Crippen LogP contribution < -0.4 is 4.74 Å². The van der Waals surface area contributed by atoms with Crippen LogP contribution in [0.5, 0.6) is 5.75 Å². The first-order valence-electron chi connectivity index (χ1n) is 4.18. The van der Waals surface area contributed by atoms with Gasteiger partial charge in [0.05, 0.1) is 12.6 Å². The fourth-order valence-electron chi connectivity index (χ4n) is 1.51. The van der Waals surface area contributed by atoms with Crippen molar-refractivity contribution in [1.29, 1.82) is 0 Å². The van der Waals surface area contributed by atoms with E-state index in [1.807, 2.05) is 30.9 Å². The maximum atomic E-state index is 5.21. The van der Waals surface area contributed by atoms with E-state index in [9.17, 15) is 0 Å². The summed E-state index contributed by atoms with van der Waals surface area (Å²) < 4.78 is 7.02. The van der Waals surface area contributed by atoms with Crippen LogP contribution in [-0.2, 0) is 7.05 Å². The first kappa shape index (κ1) is 8.10. The molecule has 0 aliphatic heterocycles. The highest BCUT2D eigenvalue weighted by Crippen LogP contribution is 2.23. The van der Waals surface area contributed by atoms with Gasteiger partial charge in [0, 0.05) is 24.7 Å². The number of aryl methyl sites for hydroxylation is 2. The van der Waals surface area contributed by atoms with Gasteiger partial charge in [-0.3, -0.25) is 4.68 Å². The van der Waals surface area contributed by atoms with Crippen LogP contribution in [0.3, 0.4) is 0 Å². The number of hydrogen-bond donors (Lipinski definition) is 0. The van der Waals surface area contributed by atoms with Gasteiger partial charge < -0.3 is 4.74 Å². The minimum absolute atomic E-state index is 0.895. The summed E-state index contributed by atoms with van der Waals surface area (Å²) in [5.74, 6) is 0.895. The molecule has 0 saturated heterocycles. The third-order valence-electron chi connectivity index (χ3n) is 2.14. The van der Waals surface area contributed by atoms with E-state index >= 15 is 0 Å². The van der Waals surface area contributed by atoms with E-state index in [0.29, 0.717) is 0 Å². The lowest BCUT2D eigenvalue weighted by Gasteiger charge is -2.02.